The Kier molecular flexibility index (Phi) is 4.69. The number of halogens is 3. The fraction of sp³-hybridized carbons (Fsp3) is 0.381. The third-order valence-corrected chi connectivity index (χ3v) is 5.58. The van der Waals surface area contributed by atoms with E-state index in [1.165, 1.54) is 12.1 Å². The first kappa shape index (κ1) is 18.7. The normalized spacial score (nSPS) is 21.9. The van der Waals surface area contributed by atoms with Gasteiger partial charge in [-0.05, 0) is 55.2 Å². The Morgan fingerprint density at radius 2 is 1.89 bits per heavy atom. The van der Waals surface area contributed by atoms with Gasteiger partial charge in [0.25, 0.3) is 0 Å². The molecule has 0 aromatic heterocycles. The summed E-state index contributed by atoms with van der Waals surface area (Å²) in [6, 6.07) is 12.3. The minimum atomic E-state index is -4.38. The van der Waals surface area contributed by atoms with Gasteiger partial charge in [-0.3, -0.25) is 4.90 Å². The van der Waals surface area contributed by atoms with Crippen LogP contribution in [-0.2, 0) is 12.6 Å². The molecule has 2 amide bonds. The maximum Gasteiger partial charge on any atom is 0.416 e. The van der Waals surface area contributed by atoms with Crippen LogP contribution in [0.5, 0.6) is 5.75 Å². The maximum absolute atomic E-state index is 13.1. The SMILES string of the molecule is COc1ccc(N2C(=O)N3CCC[C@@H]3[C@H]2Cc2cccc(C(F)(F)F)c2)cc1. The monoisotopic (exact) mass is 390 g/mol. The lowest BCUT2D eigenvalue weighted by atomic mass is 9.96. The van der Waals surface area contributed by atoms with Gasteiger partial charge in [0, 0.05) is 12.2 Å². The van der Waals surface area contributed by atoms with E-state index in [0.717, 1.165) is 24.6 Å². The van der Waals surface area contributed by atoms with Crippen LogP contribution in [0.1, 0.15) is 24.0 Å². The zero-order valence-corrected chi connectivity index (χ0v) is 15.4. The summed E-state index contributed by atoms with van der Waals surface area (Å²) in [5.74, 6) is 0.685. The number of methoxy groups -OCH3 is 1. The number of benzene rings is 2. The molecule has 2 atom stereocenters. The zero-order valence-electron chi connectivity index (χ0n) is 15.4. The van der Waals surface area contributed by atoms with E-state index < -0.39 is 11.7 Å². The Labute approximate surface area is 161 Å². The van der Waals surface area contributed by atoms with E-state index in [0.29, 0.717) is 24.3 Å². The first-order chi connectivity index (χ1) is 13.4. The zero-order chi connectivity index (χ0) is 19.9. The molecule has 2 heterocycles. The van der Waals surface area contributed by atoms with Gasteiger partial charge in [-0.15, -0.1) is 0 Å². The third kappa shape index (κ3) is 3.30. The lowest BCUT2D eigenvalue weighted by Gasteiger charge is -2.26. The van der Waals surface area contributed by atoms with E-state index >= 15 is 0 Å². The highest BCUT2D eigenvalue weighted by molar-refractivity contribution is 5.96. The first-order valence-electron chi connectivity index (χ1n) is 9.28. The molecular formula is C21H21F3N2O2. The molecule has 28 heavy (non-hydrogen) atoms. The Hall–Kier alpha value is -2.70. The largest absolute Gasteiger partial charge is 0.497 e. The molecule has 2 fully saturated rings. The van der Waals surface area contributed by atoms with Gasteiger partial charge in [-0.25, -0.2) is 4.79 Å². The van der Waals surface area contributed by atoms with Crippen LogP contribution in [-0.4, -0.2) is 36.7 Å². The Balaban J connectivity index is 1.66. The summed E-state index contributed by atoms with van der Waals surface area (Å²) >= 11 is 0. The number of urea groups is 1. The van der Waals surface area contributed by atoms with Crippen molar-refractivity contribution in [1.82, 2.24) is 4.90 Å². The van der Waals surface area contributed by atoms with Crippen LogP contribution in [0, 0.1) is 0 Å². The van der Waals surface area contributed by atoms with Gasteiger partial charge in [-0.2, -0.15) is 13.2 Å². The van der Waals surface area contributed by atoms with E-state index in [9.17, 15) is 18.0 Å². The van der Waals surface area contributed by atoms with Crippen molar-refractivity contribution in [2.45, 2.75) is 37.5 Å². The quantitative estimate of drug-likeness (QED) is 0.756. The molecule has 0 N–H and O–H groups in total. The summed E-state index contributed by atoms with van der Waals surface area (Å²) in [6.07, 6.45) is -2.21. The highest BCUT2D eigenvalue weighted by Gasteiger charge is 2.48. The molecule has 2 aliphatic heterocycles. The van der Waals surface area contributed by atoms with E-state index in [1.54, 1.807) is 30.2 Å². The second-order valence-corrected chi connectivity index (χ2v) is 7.22. The van der Waals surface area contributed by atoms with Gasteiger partial charge in [0.1, 0.15) is 5.75 Å². The van der Waals surface area contributed by atoms with Crippen molar-refractivity contribution in [3.05, 3.63) is 59.7 Å². The van der Waals surface area contributed by atoms with E-state index in [-0.39, 0.29) is 18.1 Å². The van der Waals surface area contributed by atoms with E-state index in [4.69, 9.17) is 4.74 Å². The number of nitrogens with zero attached hydrogens (tertiary/aromatic N) is 2. The molecule has 4 rings (SSSR count). The molecule has 2 aromatic carbocycles. The van der Waals surface area contributed by atoms with Crippen molar-refractivity contribution >= 4 is 11.7 Å². The second-order valence-electron chi connectivity index (χ2n) is 7.22. The predicted octanol–water partition coefficient (Wildman–Crippen LogP) is 4.73. The number of anilines is 1. The predicted molar refractivity (Wildman–Crippen MR) is 99.5 cm³/mol. The van der Waals surface area contributed by atoms with Gasteiger partial charge in [0.05, 0.1) is 24.8 Å². The summed E-state index contributed by atoms with van der Waals surface area (Å²) in [7, 11) is 1.57. The molecule has 148 valence electrons. The second kappa shape index (κ2) is 7.04. The average Bonchev–Trinajstić information content (AvgIpc) is 3.25. The molecule has 0 saturated carbocycles. The molecule has 2 saturated heterocycles. The van der Waals surface area contributed by atoms with Crippen molar-refractivity contribution < 1.29 is 22.7 Å². The molecule has 0 bridgehead atoms. The van der Waals surface area contributed by atoms with Gasteiger partial charge in [-0.1, -0.05) is 18.2 Å². The molecule has 0 spiro atoms. The molecule has 2 aliphatic rings. The van der Waals surface area contributed by atoms with Crippen molar-refractivity contribution in [3.63, 3.8) is 0 Å². The maximum atomic E-state index is 13.1. The molecule has 2 aromatic rings. The molecule has 0 aliphatic carbocycles. The number of hydrogen-bond acceptors (Lipinski definition) is 2. The lowest BCUT2D eigenvalue weighted by molar-refractivity contribution is -0.137. The topological polar surface area (TPSA) is 32.8 Å². The number of alkyl halides is 3. The minimum absolute atomic E-state index is 0.0177. The summed E-state index contributed by atoms with van der Waals surface area (Å²) in [5, 5.41) is 0. The highest BCUT2D eigenvalue weighted by Crippen LogP contribution is 2.38. The lowest BCUT2D eigenvalue weighted by Crippen LogP contribution is -2.38. The van der Waals surface area contributed by atoms with Gasteiger partial charge in [0.15, 0.2) is 0 Å². The van der Waals surface area contributed by atoms with Crippen LogP contribution in [0.2, 0.25) is 0 Å². The van der Waals surface area contributed by atoms with Crippen molar-refractivity contribution in [1.29, 1.82) is 0 Å². The van der Waals surface area contributed by atoms with Gasteiger partial charge < -0.3 is 9.64 Å². The van der Waals surface area contributed by atoms with E-state index in [1.807, 2.05) is 17.0 Å². The van der Waals surface area contributed by atoms with Crippen molar-refractivity contribution in [2.75, 3.05) is 18.6 Å². The van der Waals surface area contributed by atoms with Crippen LogP contribution >= 0.6 is 0 Å². The molecule has 0 radical (unpaired) electrons. The third-order valence-electron chi connectivity index (χ3n) is 5.58. The fourth-order valence-corrected chi connectivity index (χ4v) is 4.27. The summed E-state index contributed by atoms with van der Waals surface area (Å²) in [4.78, 5) is 16.6. The number of fused-ring (bicyclic) bond motifs is 1. The fourth-order valence-electron chi connectivity index (χ4n) is 4.27. The van der Waals surface area contributed by atoms with Crippen LogP contribution in [0.3, 0.4) is 0 Å². The minimum Gasteiger partial charge on any atom is -0.497 e. The van der Waals surface area contributed by atoms with Crippen LogP contribution in [0.15, 0.2) is 48.5 Å². The molecular weight excluding hydrogens is 369 g/mol. The average molecular weight is 390 g/mol. The van der Waals surface area contributed by atoms with E-state index in [2.05, 4.69) is 0 Å². The number of rotatable bonds is 4. The molecule has 7 heteroatoms. The molecule has 4 nitrogen and oxygen atoms in total. The number of carbonyl (C=O) groups is 1. The number of ether oxygens (including phenoxy) is 1. The van der Waals surface area contributed by atoms with Crippen LogP contribution in [0.4, 0.5) is 23.7 Å². The summed E-state index contributed by atoms with van der Waals surface area (Å²) < 4.78 is 44.4. The smallest absolute Gasteiger partial charge is 0.416 e. The highest BCUT2D eigenvalue weighted by atomic mass is 19.4. The van der Waals surface area contributed by atoms with Crippen molar-refractivity contribution in [2.24, 2.45) is 0 Å². The number of carbonyl (C=O) groups excluding carboxylic acids is 1. The Morgan fingerprint density at radius 3 is 2.57 bits per heavy atom. The van der Waals surface area contributed by atoms with Crippen molar-refractivity contribution in [3.8, 4) is 5.75 Å². The van der Waals surface area contributed by atoms with Gasteiger partial charge in [0.2, 0.25) is 0 Å². The summed E-state index contributed by atoms with van der Waals surface area (Å²) in [5.41, 5.74) is 0.658. The first-order valence-corrected chi connectivity index (χ1v) is 9.28. The summed E-state index contributed by atoms with van der Waals surface area (Å²) in [6.45, 7) is 0.690. The van der Waals surface area contributed by atoms with Gasteiger partial charge >= 0.3 is 12.2 Å². The Morgan fingerprint density at radius 1 is 1.14 bits per heavy atom. The van der Waals surface area contributed by atoms with Crippen LogP contribution < -0.4 is 9.64 Å². The standard InChI is InChI=1S/C21H21F3N2O2/c1-28-17-9-7-16(8-10-17)26-19(18-6-3-11-25(18)20(26)27)13-14-4-2-5-15(12-14)21(22,23)24/h2,4-5,7-10,12,18-19H,3,6,11,13H2,1H3/t18-,19-/m1/s1. The molecule has 0 unspecified atom stereocenters. The van der Waals surface area contributed by atoms with Crippen LogP contribution in [0.25, 0.3) is 0 Å². The number of amides is 2. The Bertz CT molecular complexity index is 867. The number of hydrogen-bond donors (Lipinski definition) is 0.